The molecule has 2 atom stereocenters. The first-order valence-electron chi connectivity index (χ1n) is 6.91. The van der Waals surface area contributed by atoms with Crippen LogP contribution in [0.3, 0.4) is 0 Å². The quantitative estimate of drug-likeness (QED) is 0.780. The van der Waals surface area contributed by atoms with Crippen LogP contribution in [0.1, 0.15) is 38.5 Å². The summed E-state index contributed by atoms with van der Waals surface area (Å²) in [4.78, 5) is 24.7. The molecule has 18 heavy (non-hydrogen) atoms. The molecule has 0 spiro atoms. The van der Waals surface area contributed by atoms with Gasteiger partial charge >= 0.3 is 5.97 Å². The van der Waals surface area contributed by atoms with Gasteiger partial charge in [-0.25, -0.2) is 0 Å². The van der Waals surface area contributed by atoms with Crippen LogP contribution in [0.2, 0.25) is 0 Å². The number of hydrogen-bond acceptors (Lipinski definition) is 3. The number of amides is 1. The van der Waals surface area contributed by atoms with Crippen molar-refractivity contribution in [3.05, 3.63) is 0 Å². The molecule has 0 bridgehead atoms. The Hall–Kier alpha value is -1.10. The Bertz CT molecular complexity index is 313. The van der Waals surface area contributed by atoms with Gasteiger partial charge in [0.15, 0.2) is 0 Å². The average Bonchev–Trinajstić information content (AvgIpc) is 2.89. The fraction of sp³-hybridized carbons (Fsp3) is 0.846. The van der Waals surface area contributed by atoms with Crippen LogP contribution in [0.15, 0.2) is 0 Å². The number of likely N-dealkylation sites (tertiary alicyclic amines) is 1. The van der Waals surface area contributed by atoms with E-state index in [9.17, 15) is 9.59 Å². The lowest BCUT2D eigenvalue weighted by atomic mass is 9.93. The summed E-state index contributed by atoms with van der Waals surface area (Å²) in [6.45, 7) is 2.51. The summed E-state index contributed by atoms with van der Waals surface area (Å²) in [5.41, 5.74) is 0. The molecular formula is C13H22N2O3. The fourth-order valence-electron chi connectivity index (χ4n) is 2.94. The van der Waals surface area contributed by atoms with Gasteiger partial charge in [-0.15, -0.1) is 0 Å². The van der Waals surface area contributed by atoms with E-state index in [2.05, 4.69) is 5.32 Å². The van der Waals surface area contributed by atoms with E-state index >= 15 is 0 Å². The summed E-state index contributed by atoms with van der Waals surface area (Å²) in [7, 11) is 0. The lowest BCUT2D eigenvalue weighted by Crippen LogP contribution is -2.47. The Morgan fingerprint density at radius 3 is 2.78 bits per heavy atom. The van der Waals surface area contributed by atoms with Crippen molar-refractivity contribution in [2.24, 2.45) is 5.92 Å². The highest BCUT2D eigenvalue weighted by atomic mass is 16.4. The minimum atomic E-state index is -0.740. The summed E-state index contributed by atoms with van der Waals surface area (Å²) < 4.78 is 0. The number of carbonyl (C=O) groups is 2. The van der Waals surface area contributed by atoms with Gasteiger partial charge in [0.1, 0.15) is 0 Å². The van der Waals surface area contributed by atoms with Gasteiger partial charge in [0, 0.05) is 19.5 Å². The molecule has 5 nitrogen and oxygen atoms in total. The van der Waals surface area contributed by atoms with Crippen molar-refractivity contribution in [2.45, 2.75) is 44.6 Å². The number of hydrogen-bond donors (Lipinski definition) is 2. The Morgan fingerprint density at radius 2 is 2.11 bits per heavy atom. The molecule has 2 rings (SSSR count). The third kappa shape index (κ3) is 3.45. The number of carboxylic acid groups (broad SMARTS) is 1. The molecule has 2 unspecified atom stereocenters. The smallest absolute Gasteiger partial charge is 0.303 e. The van der Waals surface area contributed by atoms with E-state index < -0.39 is 5.97 Å². The second-order valence-electron chi connectivity index (χ2n) is 5.37. The van der Waals surface area contributed by atoms with E-state index in [0.717, 1.165) is 45.3 Å². The van der Waals surface area contributed by atoms with Crippen LogP contribution in [0.4, 0.5) is 0 Å². The first-order valence-corrected chi connectivity index (χ1v) is 6.91. The number of piperidine rings is 1. The van der Waals surface area contributed by atoms with Crippen molar-refractivity contribution in [3.8, 4) is 0 Å². The van der Waals surface area contributed by atoms with Crippen molar-refractivity contribution < 1.29 is 14.7 Å². The third-order valence-electron chi connectivity index (χ3n) is 3.96. The lowest BCUT2D eigenvalue weighted by molar-refractivity contribution is -0.137. The fourth-order valence-corrected chi connectivity index (χ4v) is 2.94. The van der Waals surface area contributed by atoms with Gasteiger partial charge in [-0.1, -0.05) is 0 Å². The van der Waals surface area contributed by atoms with Crippen LogP contribution >= 0.6 is 0 Å². The predicted octanol–water partition coefficient (Wildman–Crippen LogP) is 0.842. The Labute approximate surface area is 108 Å². The summed E-state index contributed by atoms with van der Waals surface area (Å²) in [6.07, 6.45) is 4.98. The SMILES string of the molecule is O=C(O)CCC1CCCN(C(=O)C2CCCN2)C1. The van der Waals surface area contributed by atoms with E-state index in [1.807, 2.05) is 4.90 Å². The highest BCUT2D eigenvalue weighted by Crippen LogP contribution is 2.22. The molecule has 2 heterocycles. The largest absolute Gasteiger partial charge is 0.481 e. The molecule has 0 aliphatic carbocycles. The minimum absolute atomic E-state index is 0.00298. The third-order valence-corrected chi connectivity index (χ3v) is 3.96. The monoisotopic (exact) mass is 254 g/mol. The summed E-state index contributed by atoms with van der Waals surface area (Å²) in [5, 5.41) is 11.9. The molecule has 2 saturated heterocycles. The lowest BCUT2D eigenvalue weighted by Gasteiger charge is -2.34. The Kier molecular flexibility index (Phi) is 4.58. The zero-order chi connectivity index (χ0) is 13.0. The van der Waals surface area contributed by atoms with Crippen molar-refractivity contribution in [1.82, 2.24) is 10.2 Å². The Balaban J connectivity index is 1.81. The van der Waals surface area contributed by atoms with E-state index in [1.54, 1.807) is 0 Å². The second-order valence-corrected chi connectivity index (χ2v) is 5.37. The van der Waals surface area contributed by atoms with E-state index in [0.29, 0.717) is 12.3 Å². The summed E-state index contributed by atoms with van der Waals surface area (Å²) >= 11 is 0. The highest BCUT2D eigenvalue weighted by Gasteiger charge is 2.30. The van der Waals surface area contributed by atoms with Crippen molar-refractivity contribution in [1.29, 1.82) is 0 Å². The predicted molar refractivity (Wildman–Crippen MR) is 67.2 cm³/mol. The summed E-state index contributed by atoms with van der Waals surface area (Å²) in [6, 6.07) is 0.00298. The standard InChI is InChI=1S/C13H22N2O3/c16-12(17)6-5-10-3-2-8-15(9-10)13(18)11-4-1-7-14-11/h10-11,14H,1-9H2,(H,16,17). The van der Waals surface area contributed by atoms with Crippen molar-refractivity contribution in [2.75, 3.05) is 19.6 Å². The molecule has 0 saturated carbocycles. The Morgan fingerprint density at radius 1 is 1.28 bits per heavy atom. The van der Waals surface area contributed by atoms with Crippen molar-refractivity contribution in [3.63, 3.8) is 0 Å². The number of carbonyl (C=O) groups excluding carboxylic acids is 1. The molecule has 2 aliphatic heterocycles. The van der Waals surface area contributed by atoms with Gasteiger partial charge in [0.05, 0.1) is 6.04 Å². The first kappa shape index (κ1) is 13.3. The van der Waals surface area contributed by atoms with Gasteiger partial charge in [-0.05, 0) is 44.6 Å². The zero-order valence-corrected chi connectivity index (χ0v) is 10.7. The number of aliphatic carboxylic acids is 1. The van der Waals surface area contributed by atoms with Crippen LogP contribution in [-0.4, -0.2) is 47.6 Å². The first-order chi connectivity index (χ1) is 8.66. The molecule has 0 aromatic carbocycles. The molecule has 5 heteroatoms. The van der Waals surface area contributed by atoms with E-state index in [1.165, 1.54) is 0 Å². The van der Waals surface area contributed by atoms with E-state index in [4.69, 9.17) is 5.11 Å². The molecule has 0 aromatic heterocycles. The molecule has 1 amide bonds. The van der Waals surface area contributed by atoms with E-state index in [-0.39, 0.29) is 18.4 Å². The number of nitrogens with one attached hydrogen (secondary N) is 1. The van der Waals surface area contributed by atoms with Crippen LogP contribution < -0.4 is 5.32 Å². The molecular weight excluding hydrogens is 232 g/mol. The second kappa shape index (κ2) is 6.18. The molecule has 2 fully saturated rings. The van der Waals surface area contributed by atoms with Crippen LogP contribution in [-0.2, 0) is 9.59 Å². The topological polar surface area (TPSA) is 69.6 Å². The molecule has 0 aromatic rings. The van der Waals surface area contributed by atoms with Gasteiger partial charge in [0.2, 0.25) is 5.91 Å². The maximum Gasteiger partial charge on any atom is 0.303 e. The van der Waals surface area contributed by atoms with Crippen molar-refractivity contribution >= 4 is 11.9 Å². The molecule has 2 aliphatic rings. The normalized spacial score (nSPS) is 28.3. The molecule has 2 N–H and O–H groups in total. The van der Waals surface area contributed by atoms with Crippen LogP contribution in [0, 0.1) is 5.92 Å². The highest BCUT2D eigenvalue weighted by molar-refractivity contribution is 5.82. The molecule has 102 valence electrons. The number of rotatable bonds is 4. The van der Waals surface area contributed by atoms with Crippen LogP contribution in [0.5, 0.6) is 0 Å². The van der Waals surface area contributed by atoms with Gasteiger partial charge in [-0.3, -0.25) is 9.59 Å². The maximum absolute atomic E-state index is 12.2. The minimum Gasteiger partial charge on any atom is -0.481 e. The van der Waals surface area contributed by atoms with Gasteiger partial charge in [-0.2, -0.15) is 0 Å². The zero-order valence-electron chi connectivity index (χ0n) is 10.7. The van der Waals surface area contributed by atoms with Gasteiger partial charge < -0.3 is 15.3 Å². The summed E-state index contributed by atoms with van der Waals surface area (Å²) in [5.74, 6) is -0.163. The number of carboxylic acids is 1. The van der Waals surface area contributed by atoms with Crippen LogP contribution in [0.25, 0.3) is 0 Å². The maximum atomic E-state index is 12.2. The molecule has 0 radical (unpaired) electrons. The van der Waals surface area contributed by atoms with Gasteiger partial charge in [0.25, 0.3) is 0 Å². The average molecular weight is 254 g/mol. The number of nitrogens with zero attached hydrogens (tertiary/aromatic N) is 1.